The van der Waals surface area contributed by atoms with E-state index in [-0.39, 0.29) is 18.2 Å². The second-order valence-electron chi connectivity index (χ2n) is 12.0. The summed E-state index contributed by atoms with van der Waals surface area (Å²) in [7, 11) is 3.44. The average molecular weight is 718 g/mol. The fourth-order valence-electron chi connectivity index (χ4n) is 6.88. The van der Waals surface area contributed by atoms with Crippen molar-refractivity contribution in [3.8, 4) is 11.5 Å². The van der Waals surface area contributed by atoms with Crippen LogP contribution >= 0.6 is 0 Å². The molecule has 3 N–H and O–H groups in total. The van der Waals surface area contributed by atoms with Crippen molar-refractivity contribution in [2.45, 2.75) is 87.7 Å². The number of likely N-dealkylation sites (N-methyl/N-ethyl adjacent to an activating group) is 1. The van der Waals surface area contributed by atoms with E-state index < -0.39 is 77.4 Å². The van der Waals surface area contributed by atoms with Gasteiger partial charge in [-0.05, 0) is 51.1 Å². The molecule has 0 aromatic heterocycles. The molecule has 16 nitrogen and oxygen atoms in total. The van der Waals surface area contributed by atoms with Crippen LogP contribution in [0.25, 0.3) is 0 Å². The number of methoxy groups -OCH3 is 1. The van der Waals surface area contributed by atoms with Gasteiger partial charge in [0, 0.05) is 31.9 Å². The number of carboxylic acid groups (broad SMARTS) is 2. The Morgan fingerprint density at radius 2 is 1.58 bits per heavy atom. The van der Waals surface area contributed by atoms with Crippen LogP contribution in [0, 0.1) is 0 Å². The summed E-state index contributed by atoms with van der Waals surface area (Å²) in [6.07, 6.45) is -9.46. The second kappa shape index (κ2) is 13.8. The fourth-order valence-corrected chi connectivity index (χ4v) is 6.88. The number of hydrogen-bond acceptors (Lipinski definition) is 14. The lowest BCUT2D eigenvalue weighted by Gasteiger charge is -2.61. The Kier molecular flexibility index (Phi) is 10.4. The van der Waals surface area contributed by atoms with Gasteiger partial charge in [-0.2, -0.15) is 13.2 Å². The average Bonchev–Trinajstić information content (AvgIpc) is 3.37. The number of ether oxygens (including phenoxy) is 6. The molecule has 274 valence electrons. The number of piperidine rings is 1. The number of esters is 4. The van der Waals surface area contributed by atoms with Gasteiger partial charge < -0.3 is 48.6 Å². The number of likely N-dealkylation sites (tertiary alicyclic amines) is 1. The zero-order chi connectivity index (χ0) is 37.5. The summed E-state index contributed by atoms with van der Waals surface area (Å²) in [4.78, 5) is 72.6. The fraction of sp³-hybridized carbons (Fsp3) is 0.548. The van der Waals surface area contributed by atoms with Crippen LogP contribution in [0.3, 0.4) is 0 Å². The molecule has 2 aliphatic heterocycles. The summed E-state index contributed by atoms with van der Waals surface area (Å²) < 4.78 is 64.3. The highest BCUT2D eigenvalue weighted by molar-refractivity contribution is 5.90. The number of alkyl halides is 3. The predicted octanol–water partition coefficient (Wildman–Crippen LogP) is 1.03. The van der Waals surface area contributed by atoms with Gasteiger partial charge in [-0.1, -0.05) is 6.07 Å². The van der Waals surface area contributed by atoms with Crippen LogP contribution in [0.4, 0.5) is 13.2 Å². The summed E-state index contributed by atoms with van der Waals surface area (Å²) in [6, 6.07) is 3.45. The van der Waals surface area contributed by atoms with Crippen molar-refractivity contribution in [3.05, 3.63) is 35.1 Å². The van der Waals surface area contributed by atoms with E-state index in [1.807, 2.05) is 13.1 Å². The Balaban J connectivity index is 0.000000727. The molecular formula is C31H34F3NO15. The Hall–Kier alpha value is -4.91. The number of nitrogens with zero attached hydrogens (tertiary/aromatic N) is 1. The molecular weight excluding hydrogens is 683 g/mol. The first-order valence-corrected chi connectivity index (χ1v) is 15.0. The number of halogens is 3. The largest absolute Gasteiger partial charge is 0.493 e. The van der Waals surface area contributed by atoms with Gasteiger partial charge in [0.05, 0.1) is 18.1 Å². The molecule has 0 amide bonds. The summed E-state index contributed by atoms with van der Waals surface area (Å²) in [5.74, 6) is -8.20. The van der Waals surface area contributed by atoms with Crippen LogP contribution < -0.4 is 9.47 Å². The van der Waals surface area contributed by atoms with Gasteiger partial charge in [0.15, 0.2) is 23.7 Å². The van der Waals surface area contributed by atoms with Crippen molar-refractivity contribution < 1.29 is 85.7 Å². The van der Waals surface area contributed by atoms with Crippen molar-refractivity contribution in [2.24, 2.45) is 0 Å². The molecule has 19 heteroatoms. The smallest absolute Gasteiger partial charge is 0.490 e. The number of carbonyl (C=O) groups excluding carboxylic acids is 4. The molecule has 1 fully saturated rings. The van der Waals surface area contributed by atoms with Crippen molar-refractivity contribution in [1.29, 1.82) is 0 Å². The highest BCUT2D eigenvalue weighted by atomic mass is 19.4. The second-order valence-corrected chi connectivity index (χ2v) is 12.0. The third-order valence-electron chi connectivity index (χ3n) is 8.99. The molecule has 2 heterocycles. The molecule has 1 saturated heterocycles. The molecule has 0 radical (unpaired) electrons. The van der Waals surface area contributed by atoms with Gasteiger partial charge >= 0.3 is 42.0 Å². The predicted molar refractivity (Wildman–Crippen MR) is 156 cm³/mol. The van der Waals surface area contributed by atoms with E-state index in [9.17, 15) is 42.3 Å². The molecule has 1 aromatic carbocycles. The minimum Gasteiger partial charge on any atom is -0.493 e. The zero-order valence-electron chi connectivity index (χ0n) is 27.3. The molecule has 4 aliphatic rings. The Labute approximate surface area is 281 Å². The van der Waals surface area contributed by atoms with Crippen molar-refractivity contribution in [3.63, 3.8) is 0 Å². The van der Waals surface area contributed by atoms with Gasteiger partial charge in [-0.15, -0.1) is 0 Å². The lowest BCUT2D eigenvalue weighted by Crippen LogP contribution is -2.74. The molecule has 1 aromatic rings. The maximum Gasteiger partial charge on any atom is 0.490 e. The third-order valence-corrected chi connectivity index (χ3v) is 8.99. The molecule has 0 saturated carbocycles. The highest BCUT2D eigenvalue weighted by Crippen LogP contribution is 2.65. The maximum atomic E-state index is 13.6. The van der Waals surface area contributed by atoms with Crippen molar-refractivity contribution >= 4 is 35.8 Å². The number of aliphatic hydroxyl groups is 1. The SMILES string of the molecule is COc1ccc2c3c1O[C@H]1C(OC(=O)C(OC(C)=O)C(OC(C)=O)C(=O)OC(C)C(=O)O)=CC[C@@]4(O)[C@@H](C2)N(C)CC[C@]314.O=C(O)C(F)(F)F. The van der Waals surface area contributed by atoms with E-state index in [2.05, 4.69) is 4.90 Å². The summed E-state index contributed by atoms with van der Waals surface area (Å²) in [5.41, 5.74) is -0.563. The van der Waals surface area contributed by atoms with Crippen LogP contribution in [0.15, 0.2) is 24.0 Å². The molecule has 2 bridgehead atoms. The van der Waals surface area contributed by atoms with Crippen molar-refractivity contribution in [2.75, 3.05) is 20.7 Å². The van der Waals surface area contributed by atoms with Crippen LogP contribution in [0.5, 0.6) is 11.5 Å². The van der Waals surface area contributed by atoms with Gasteiger partial charge in [0.2, 0.25) is 12.2 Å². The van der Waals surface area contributed by atoms with Gasteiger partial charge in [0.1, 0.15) is 5.76 Å². The van der Waals surface area contributed by atoms with Crippen LogP contribution in [0.1, 0.15) is 44.7 Å². The standard InChI is InChI=1S/C29H33NO13.C2HF3O2/c1-13(25(33)34)39-26(35)22(40-14(2)31)23(41-15(3)32)27(36)42-18-8-9-29(37)19-12-16-6-7-17(38-5)21-20(16)28(29,24(18)43-21)10-11-30(19)4;3-2(4,5)1(6)7/h6-8,13,19,22-24,37H,9-12H2,1-5H3,(H,33,34);(H,6,7)/t13?,19-,22?,23?,24+,28+,29-;/m1./s1. The minimum atomic E-state index is -5.08. The Bertz CT molecular complexity index is 1630. The Morgan fingerprint density at radius 1 is 1.00 bits per heavy atom. The molecule has 5 rings (SSSR count). The Morgan fingerprint density at radius 3 is 2.10 bits per heavy atom. The number of hydrogen-bond donors (Lipinski definition) is 3. The quantitative estimate of drug-likeness (QED) is 0.240. The van der Waals surface area contributed by atoms with E-state index in [1.165, 1.54) is 13.2 Å². The van der Waals surface area contributed by atoms with Gasteiger partial charge in [-0.25, -0.2) is 19.2 Å². The lowest BCUT2D eigenvalue weighted by molar-refractivity contribution is -0.194. The maximum absolute atomic E-state index is 13.6. The first-order valence-electron chi connectivity index (χ1n) is 15.0. The van der Waals surface area contributed by atoms with E-state index in [0.717, 1.165) is 31.9 Å². The summed E-state index contributed by atoms with van der Waals surface area (Å²) in [5, 5.41) is 28.6. The third kappa shape index (κ3) is 6.66. The minimum absolute atomic E-state index is 0.00456. The molecule has 2 aliphatic carbocycles. The topological polar surface area (TPSA) is 222 Å². The van der Waals surface area contributed by atoms with Gasteiger partial charge in [-0.3, -0.25) is 9.59 Å². The van der Waals surface area contributed by atoms with Crippen LogP contribution in [-0.2, 0) is 59.6 Å². The number of carbonyl (C=O) groups is 6. The number of rotatable bonds is 9. The van der Waals surface area contributed by atoms with Crippen molar-refractivity contribution in [1.82, 2.24) is 4.90 Å². The highest BCUT2D eigenvalue weighted by Gasteiger charge is 2.72. The molecule has 3 unspecified atom stereocenters. The van der Waals surface area contributed by atoms with Crippen LogP contribution in [0.2, 0.25) is 0 Å². The number of aliphatic carboxylic acids is 2. The number of benzene rings is 1. The summed E-state index contributed by atoms with van der Waals surface area (Å²) >= 11 is 0. The molecule has 1 spiro atoms. The number of carboxylic acids is 2. The first-order chi connectivity index (χ1) is 23.2. The molecule has 50 heavy (non-hydrogen) atoms. The van der Waals surface area contributed by atoms with E-state index in [1.54, 1.807) is 6.07 Å². The summed E-state index contributed by atoms with van der Waals surface area (Å²) in [6.45, 7) is 3.56. The monoisotopic (exact) mass is 717 g/mol. The van der Waals surface area contributed by atoms with E-state index in [0.29, 0.717) is 30.9 Å². The van der Waals surface area contributed by atoms with E-state index >= 15 is 0 Å². The first kappa shape index (κ1) is 37.9. The molecule has 7 atom stereocenters. The van der Waals surface area contributed by atoms with Crippen LogP contribution in [-0.4, -0.2) is 119 Å². The van der Waals surface area contributed by atoms with E-state index in [4.69, 9.17) is 43.4 Å². The normalized spacial score (nSPS) is 26.1. The lowest BCUT2D eigenvalue weighted by atomic mass is 9.50. The zero-order valence-corrected chi connectivity index (χ0v) is 27.3. The van der Waals surface area contributed by atoms with Gasteiger partial charge in [0.25, 0.3) is 0 Å².